The van der Waals surface area contributed by atoms with Crippen molar-refractivity contribution in [2.75, 3.05) is 66.0 Å². The third-order valence-electron chi connectivity index (χ3n) is 6.22. The number of hydrogen-bond donors (Lipinski definition) is 0. The van der Waals surface area contributed by atoms with Crippen molar-refractivity contribution in [1.82, 2.24) is 19.6 Å². The van der Waals surface area contributed by atoms with Gasteiger partial charge in [0.05, 0.1) is 13.2 Å². The highest BCUT2D eigenvalue weighted by atomic mass is 32.1. The van der Waals surface area contributed by atoms with Crippen LogP contribution in [0.2, 0.25) is 0 Å². The van der Waals surface area contributed by atoms with Gasteiger partial charge < -0.3 is 24.3 Å². The fourth-order valence-corrected chi connectivity index (χ4v) is 5.47. The summed E-state index contributed by atoms with van der Waals surface area (Å²) in [7, 11) is 2.12. The summed E-state index contributed by atoms with van der Waals surface area (Å²) >= 11 is 1.73. The van der Waals surface area contributed by atoms with E-state index in [-0.39, 0.29) is 6.03 Å². The molecule has 0 aliphatic carbocycles. The minimum Gasteiger partial charge on any atom is -0.484 e. The maximum atomic E-state index is 12.8. The number of likely N-dealkylation sites (N-methyl/N-ethyl adjacent to an activating group) is 1. The standard InChI is InChI=1S/C21H34N4O2S/c1-22-11-13-24(14-12-22)21(26)25-10-6-18-16-20(28-19(18)17-25)27-15-5-9-23-7-3-2-4-8-23/h16H,2-15,17H2,1H3. The van der Waals surface area contributed by atoms with E-state index in [0.717, 1.165) is 70.3 Å². The second-order valence-corrected chi connectivity index (χ2v) is 9.46. The lowest BCUT2D eigenvalue weighted by Gasteiger charge is -2.37. The summed E-state index contributed by atoms with van der Waals surface area (Å²) in [5.74, 6) is 0. The number of urea groups is 1. The Labute approximate surface area is 173 Å². The van der Waals surface area contributed by atoms with Gasteiger partial charge >= 0.3 is 6.03 Å². The van der Waals surface area contributed by atoms with Gasteiger partial charge in [0, 0.05) is 44.1 Å². The predicted octanol–water partition coefficient (Wildman–Crippen LogP) is 2.73. The Balaban J connectivity index is 1.23. The predicted molar refractivity (Wildman–Crippen MR) is 113 cm³/mol. The molecular formula is C21H34N4O2S. The molecule has 4 rings (SSSR count). The molecule has 0 aromatic carbocycles. The van der Waals surface area contributed by atoms with Crippen molar-refractivity contribution in [1.29, 1.82) is 0 Å². The van der Waals surface area contributed by atoms with Crippen LogP contribution in [-0.2, 0) is 13.0 Å². The van der Waals surface area contributed by atoms with Crippen molar-refractivity contribution in [2.24, 2.45) is 0 Å². The summed E-state index contributed by atoms with van der Waals surface area (Å²) in [5, 5.41) is 1.03. The molecule has 0 bridgehead atoms. The van der Waals surface area contributed by atoms with Crippen LogP contribution in [0.3, 0.4) is 0 Å². The van der Waals surface area contributed by atoms with Crippen molar-refractivity contribution in [3.8, 4) is 5.06 Å². The summed E-state index contributed by atoms with van der Waals surface area (Å²) < 4.78 is 6.05. The van der Waals surface area contributed by atoms with Crippen LogP contribution in [0.5, 0.6) is 5.06 Å². The van der Waals surface area contributed by atoms with Gasteiger partial charge in [0.1, 0.15) is 0 Å². The molecule has 1 aromatic heterocycles. The van der Waals surface area contributed by atoms with Crippen LogP contribution in [0.1, 0.15) is 36.1 Å². The number of nitrogens with zero attached hydrogens (tertiary/aromatic N) is 4. The summed E-state index contributed by atoms with van der Waals surface area (Å²) in [6.07, 6.45) is 6.13. The van der Waals surface area contributed by atoms with E-state index in [1.807, 2.05) is 9.80 Å². The second kappa shape index (κ2) is 9.46. The first-order chi connectivity index (χ1) is 13.7. The van der Waals surface area contributed by atoms with E-state index < -0.39 is 0 Å². The number of ether oxygens (including phenoxy) is 1. The van der Waals surface area contributed by atoms with E-state index in [2.05, 4.69) is 22.9 Å². The molecule has 2 fully saturated rings. The third kappa shape index (κ3) is 4.99. The van der Waals surface area contributed by atoms with Crippen LogP contribution in [0.15, 0.2) is 6.07 Å². The number of thiophene rings is 1. The van der Waals surface area contributed by atoms with Gasteiger partial charge in [-0.1, -0.05) is 6.42 Å². The molecule has 1 aromatic rings. The number of hydrogen-bond acceptors (Lipinski definition) is 5. The Morgan fingerprint density at radius 2 is 1.82 bits per heavy atom. The lowest BCUT2D eigenvalue weighted by molar-refractivity contribution is 0.119. The number of piperidine rings is 1. The van der Waals surface area contributed by atoms with Crippen LogP contribution in [0, 0.1) is 0 Å². The lowest BCUT2D eigenvalue weighted by Crippen LogP contribution is -2.52. The zero-order chi connectivity index (χ0) is 19.3. The number of amides is 2. The molecule has 0 atom stereocenters. The topological polar surface area (TPSA) is 39.3 Å². The van der Waals surface area contributed by atoms with Crippen LogP contribution in [0.4, 0.5) is 4.79 Å². The summed E-state index contributed by atoms with van der Waals surface area (Å²) in [6, 6.07) is 2.41. The van der Waals surface area contributed by atoms with Gasteiger partial charge in [-0.3, -0.25) is 0 Å². The maximum Gasteiger partial charge on any atom is 0.320 e. The highest BCUT2D eigenvalue weighted by Gasteiger charge is 2.28. The molecule has 0 saturated carbocycles. The minimum atomic E-state index is 0.205. The first kappa shape index (κ1) is 20.0. The van der Waals surface area contributed by atoms with Crippen LogP contribution in [0.25, 0.3) is 0 Å². The van der Waals surface area contributed by atoms with Gasteiger partial charge in [-0.05, 0) is 57.5 Å². The molecule has 0 spiro atoms. The zero-order valence-corrected chi connectivity index (χ0v) is 18.0. The van der Waals surface area contributed by atoms with E-state index in [4.69, 9.17) is 4.74 Å². The highest BCUT2D eigenvalue weighted by Crippen LogP contribution is 2.33. The maximum absolute atomic E-state index is 12.8. The number of piperazine rings is 1. The first-order valence-electron chi connectivity index (χ1n) is 10.9. The smallest absolute Gasteiger partial charge is 0.320 e. The van der Waals surface area contributed by atoms with E-state index in [1.54, 1.807) is 11.3 Å². The molecule has 156 valence electrons. The van der Waals surface area contributed by atoms with Crippen molar-refractivity contribution < 1.29 is 9.53 Å². The Morgan fingerprint density at radius 1 is 1.04 bits per heavy atom. The number of rotatable bonds is 5. The molecule has 3 aliphatic heterocycles. The van der Waals surface area contributed by atoms with Crippen molar-refractivity contribution in [2.45, 2.75) is 38.6 Å². The Kier molecular flexibility index (Phi) is 6.75. The molecule has 0 radical (unpaired) electrons. The van der Waals surface area contributed by atoms with E-state index >= 15 is 0 Å². The van der Waals surface area contributed by atoms with Gasteiger partial charge in [0.2, 0.25) is 0 Å². The molecule has 28 heavy (non-hydrogen) atoms. The molecule has 2 saturated heterocycles. The average molecular weight is 407 g/mol. The molecule has 0 unspecified atom stereocenters. The number of carbonyl (C=O) groups is 1. The first-order valence-corrected chi connectivity index (χ1v) is 11.7. The van der Waals surface area contributed by atoms with E-state index in [0.29, 0.717) is 0 Å². The normalized spacial score (nSPS) is 21.6. The third-order valence-corrected chi connectivity index (χ3v) is 7.29. The van der Waals surface area contributed by atoms with E-state index in [1.165, 1.54) is 42.8 Å². The molecular weight excluding hydrogens is 372 g/mol. The zero-order valence-electron chi connectivity index (χ0n) is 17.2. The lowest BCUT2D eigenvalue weighted by atomic mass is 10.1. The molecule has 0 N–H and O–H groups in total. The van der Waals surface area contributed by atoms with E-state index in [9.17, 15) is 4.79 Å². The number of likely N-dealkylation sites (tertiary alicyclic amines) is 1. The number of carbonyl (C=O) groups excluding carboxylic acids is 1. The SMILES string of the molecule is CN1CCN(C(=O)N2CCc3cc(OCCCN4CCCCC4)sc3C2)CC1. The van der Waals surface area contributed by atoms with Crippen LogP contribution in [-0.4, -0.2) is 91.6 Å². The Hall–Kier alpha value is -1.31. The molecule has 7 heteroatoms. The van der Waals surface area contributed by atoms with Gasteiger partial charge in [-0.25, -0.2) is 4.79 Å². The summed E-state index contributed by atoms with van der Waals surface area (Å²) in [5.41, 5.74) is 1.37. The highest BCUT2D eigenvalue weighted by molar-refractivity contribution is 7.14. The van der Waals surface area contributed by atoms with Gasteiger partial charge in [-0.2, -0.15) is 0 Å². The van der Waals surface area contributed by atoms with Crippen LogP contribution < -0.4 is 4.74 Å². The van der Waals surface area contributed by atoms with Crippen LogP contribution >= 0.6 is 11.3 Å². The molecule has 4 heterocycles. The van der Waals surface area contributed by atoms with Gasteiger partial charge in [-0.15, -0.1) is 11.3 Å². The summed E-state index contributed by atoms with van der Waals surface area (Å²) in [6.45, 7) is 9.64. The second-order valence-electron chi connectivity index (χ2n) is 8.36. The monoisotopic (exact) mass is 406 g/mol. The number of fused-ring (bicyclic) bond motifs is 1. The fraction of sp³-hybridized carbons (Fsp3) is 0.762. The Bertz CT molecular complexity index is 651. The van der Waals surface area contributed by atoms with Crippen molar-refractivity contribution >= 4 is 17.4 Å². The van der Waals surface area contributed by atoms with Crippen molar-refractivity contribution in [3.63, 3.8) is 0 Å². The Morgan fingerprint density at radius 3 is 2.61 bits per heavy atom. The molecule has 2 amide bonds. The summed E-state index contributed by atoms with van der Waals surface area (Å²) in [4.78, 5) is 23.0. The molecule has 6 nitrogen and oxygen atoms in total. The van der Waals surface area contributed by atoms with Gasteiger partial charge in [0.25, 0.3) is 0 Å². The van der Waals surface area contributed by atoms with Gasteiger partial charge in [0.15, 0.2) is 5.06 Å². The minimum absolute atomic E-state index is 0.205. The fourth-order valence-electron chi connectivity index (χ4n) is 4.37. The molecule has 3 aliphatic rings. The average Bonchev–Trinajstić information content (AvgIpc) is 3.14. The van der Waals surface area contributed by atoms with Crippen molar-refractivity contribution in [3.05, 3.63) is 16.5 Å². The largest absolute Gasteiger partial charge is 0.484 e. The quantitative estimate of drug-likeness (QED) is 0.705.